The third kappa shape index (κ3) is 2.96. The summed E-state index contributed by atoms with van der Waals surface area (Å²) in [4.78, 5) is 2.43. The molecule has 1 aromatic heterocycles. The van der Waals surface area contributed by atoms with Gasteiger partial charge < -0.3 is 5.73 Å². The number of hydrogen-bond donors (Lipinski definition) is 1. The van der Waals surface area contributed by atoms with Crippen molar-refractivity contribution in [1.29, 1.82) is 0 Å². The molecule has 6 heteroatoms. The van der Waals surface area contributed by atoms with Crippen LogP contribution in [0.1, 0.15) is 31.5 Å². The van der Waals surface area contributed by atoms with Crippen LogP contribution in [-0.4, -0.2) is 38.2 Å². The molecule has 2 heterocycles. The Kier molecular flexibility index (Phi) is 3.92. The molecule has 6 nitrogen and oxygen atoms in total. The predicted molar refractivity (Wildman–Crippen MR) is 77.3 cm³/mol. The Hall–Kier alpha value is -1.95. The van der Waals surface area contributed by atoms with E-state index in [1.165, 1.54) is 25.7 Å². The van der Waals surface area contributed by atoms with E-state index in [1.807, 2.05) is 24.3 Å². The molecule has 1 saturated heterocycles. The molecule has 1 aromatic carbocycles. The third-order valence-corrected chi connectivity index (χ3v) is 3.71. The van der Waals surface area contributed by atoms with Crippen molar-refractivity contribution in [3.05, 3.63) is 30.1 Å². The molecule has 2 aromatic rings. The molecule has 2 N–H and O–H groups in total. The normalized spacial score (nSPS) is 17.0. The van der Waals surface area contributed by atoms with Crippen LogP contribution in [0.3, 0.4) is 0 Å². The predicted octanol–water partition coefficient (Wildman–Crippen LogP) is 1.62. The van der Waals surface area contributed by atoms with E-state index < -0.39 is 0 Å². The number of hydrogen-bond acceptors (Lipinski definition) is 5. The first-order valence-corrected chi connectivity index (χ1v) is 7.18. The number of anilines is 1. The lowest BCUT2D eigenvalue weighted by Gasteiger charge is -2.18. The highest BCUT2D eigenvalue weighted by molar-refractivity contribution is 5.47. The van der Waals surface area contributed by atoms with Crippen LogP contribution in [0.2, 0.25) is 0 Å². The standard InChI is InChI=1S/C14H20N6/c15-12-6-5-7-13(10-12)20-14(16-17-18-20)11-19-8-3-1-2-4-9-19/h5-7,10H,1-4,8-9,11,15H2. The fraction of sp³-hybridized carbons (Fsp3) is 0.500. The number of nitrogen functional groups attached to an aromatic ring is 1. The molecule has 0 saturated carbocycles. The summed E-state index contributed by atoms with van der Waals surface area (Å²) in [6.45, 7) is 3.05. The number of nitrogens with zero attached hydrogens (tertiary/aromatic N) is 5. The minimum absolute atomic E-state index is 0.721. The fourth-order valence-electron chi connectivity index (χ4n) is 2.66. The van der Waals surface area contributed by atoms with Gasteiger partial charge in [0.25, 0.3) is 0 Å². The number of nitrogens with two attached hydrogens (primary N) is 1. The molecular formula is C14H20N6. The van der Waals surface area contributed by atoms with Gasteiger partial charge in [0, 0.05) is 5.69 Å². The quantitative estimate of drug-likeness (QED) is 0.860. The zero-order valence-electron chi connectivity index (χ0n) is 11.6. The van der Waals surface area contributed by atoms with Gasteiger partial charge in [-0.25, -0.2) is 0 Å². The SMILES string of the molecule is Nc1cccc(-n2nnnc2CN2CCCCCC2)c1. The monoisotopic (exact) mass is 272 g/mol. The highest BCUT2D eigenvalue weighted by Gasteiger charge is 2.15. The number of benzene rings is 1. The van der Waals surface area contributed by atoms with Crippen molar-refractivity contribution < 1.29 is 0 Å². The van der Waals surface area contributed by atoms with E-state index in [4.69, 9.17) is 5.73 Å². The van der Waals surface area contributed by atoms with Crippen molar-refractivity contribution >= 4 is 5.69 Å². The van der Waals surface area contributed by atoms with Crippen LogP contribution in [0.15, 0.2) is 24.3 Å². The third-order valence-electron chi connectivity index (χ3n) is 3.71. The molecule has 1 fully saturated rings. The molecule has 0 radical (unpaired) electrons. The van der Waals surface area contributed by atoms with Gasteiger partial charge in [0.15, 0.2) is 5.82 Å². The molecule has 0 atom stereocenters. The van der Waals surface area contributed by atoms with Gasteiger partial charge in [-0.2, -0.15) is 4.68 Å². The second-order valence-electron chi connectivity index (χ2n) is 5.29. The van der Waals surface area contributed by atoms with Gasteiger partial charge in [-0.3, -0.25) is 4.90 Å². The van der Waals surface area contributed by atoms with Gasteiger partial charge in [-0.05, 0) is 54.6 Å². The Morgan fingerprint density at radius 3 is 2.65 bits per heavy atom. The van der Waals surface area contributed by atoms with Crippen LogP contribution in [0.5, 0.6) is 0 Å². The van der Waals surface area contributed by atoms with E-state index in [0.29, 0.717) is 0 Å². The lowest BCUT2D eigenvalue weighted by atomic mass is 10.2. The first-order chi connectivity index (χ1) is 9.83. The molecule has 1 aliphatic rings. The molecule has 3 rings (SSSR count). The number of rotatable bonds is 3. The van der Waals surface area contributed by atoms with Gasteiger partial charge in [0.05, 0.1) is 12.2 Å². The molecule has 0 amide bonds. The Bertz CT molecular complexity index is 556. The van der Waals surface area contributed by atoms with E-state index in [9.17, 15) is 0 Å². The zero-order chi connectivity index (χ0) is 13.8. The van der Waals surface area contributed by atoms with E-state index in [0.717, 1.165) is 36.8 Å². The summed E-state index contributed by atoms with van der Waals surface area (Å²) in [6.07, 6.45) is 5.19. The Labute approximate surface area is 118 Å². The number of likely N-dealkylation sites (tertiary alicyclic amines) is 1. The van der Waals surface area contributed by atoms with Crippen molar-refractivity contribution in [2.45, 2.75) is 32.2 Å². The number of aromatic nitrogens is 4. The minimum Gasteiger partial charge on any atom is -0.399 e. The van der Waals surface area contributed by atoms with Crippen molar-refractivity contribution in [2.75, 3.05) is 18.8 Å². The first kappa shape index (κ1) is 13.1. The Morgan fingerprint density at radius 2 is 1.90 bits per heavy atom. The summed E-state index contributed by atoms with van der Waals surface area (Å²) in [7, 11) is 0. The van der Waals surface area contributed by atoms with Crippen LogP contribution >= 0.6 is 0 Å². The Morgan fingerprint density at radius 1 is 1.10 bits per heavy atom. The second-order valence-corrected chi connectivity index (χ2v) is 5.29. The van der Waals surface area contributed by atoms with E-state index in [1.54, 1.807) is 4.68 Å². The molecule has 1 aliphatic heterocycles. The van der Waals surface area contributed by atoms with Gasteiger partial charge in [-0.15, -0.1) is 5.10 Å². The summed E-state index contributed by atoms with van der Waals surface area (Å²) >= 11 is 0. The minimum atomic E-state index is 0.721. The van der Waals surface area contributed by atoms with E-state index >= 15 is 0 Å². The molecular weight excluding hydrogens is 252 g/mol. The topological polar surface area (TPSA) is 72.9 Å². The highest BCUT2D eigenvalue weighted by Crippen LogP contribution is 2.15. The molecule has 0 spiro atoms. The van der Waals surface area contributed by atoms with Crippen molar-refractivity contribution in [3.8, 4) is 5.69 Å². The molecule has 106 valence electrons. The molecule has 0 unspecified atom stereocenters. The lowest BCUT2D eigenvalue weighted by Crippen LogP contribution is -2.25. The average molecular weight is 272 g/mol. The first-order valence-electron chi connectivity index (χ1n) is 7.18. The summed E-state index contributed by atoms with van der Waals surface area (Å²) in [5.74, 6) is 0.873. The van der Waals surface area contributed by atoms with Crippen LogP contribution in [-0.2, 0) is 6.54 Å². The smallest absolute Gasteiger partial charge is 0.170 e. The molecule has 0 aliphatic carbocycles. The van der Waals surface area contributed by atoms with Crippen LogP contribution < -0.4 is 5.73 Å². The maximum Gasteiger partial charge on any atom is 0.170 e. The second kappa shape index (κ2) is 6.00. The van der Waals surface area contributed by atoms with Gasteiger partial charge >= 0.3 is 0 Å². The Balaban J connectivity index is 1.79. The zero-order valence-corrected chi connectivity index (χ0v) is 11.6. The van der Waals surface area contributed by atoms with Crippen LogP contribution in [0.25, 0.3) is 5.69 Å². The molecule has 0 bridgehead atoms. The maximum absolute atomic E-state index is 5.83. The number of tetrazole rings is 1. The van der Waals surface area contributed by atoms with Crippen LogP contribution in [0.4, 0.5) is 5.69 Å². The maximum atomic E-state index is 5.83. The van der Waals surface area contributed by atoms with Crippen molar-refractivity contribution in [3.63, 3.8) is 0 Å². The van der Waals surface area contributed by atoms with E-state index in [-0.39, 0.29) is 0 Å². The van der Waals surface area contributed by atoms with Crippen molar-refractivity contribution in [2.24, 2.45) is 0 Å². The largest absolute Gasteiger partial charge is 0.399 e. The average Bonchev–Trinajstić information content (AvgIpc) is 2.74. The van der Waals surface area contributed by atoms with Gasteiger partial charge in [-0.1, -0.05) is 18.9 Å². The van der Waals surface area contributed by atoms with E-state index in [2.05, 4.69) is 20.4 Å². The van der Waals surface area contributed by atoms with Crippen molar-refractivity contribution in [1.82, 2.24) is 25.1 Å². The summed E-state index contributed by atoms with van der Waals surface area (Å²) in [5, 5.41) is 12.1. The molecule has 20 heavy (non-hydrogen) atoms. The fourth-order valence-corrected chi connectivity index (χ4v) is 2.66. The summed E-state index contributed by atoms with van der Waals surface area (Å²) in [6, 6.07) is 7.64. The van der Waals surface area contributed by atoms with Gasteiger partial charge in [0.2, 0.25) is 0 Å². The summed E-state index contributed by atoms with van der Waals surface area (Å²) < 4.78 is 1.78. The van der Waals surface area contributed by atoms with Crippen LogP contribution in [0, 0.1) is 0 Å². The summed E-state index contributed by atoms with van der Waals surface area (Å²) in [5.41, 5.74) is 7.46. The van der Waals surface area contributed by atoms with Gasteiger partial charge in [0.1, 0.15) is 0 Å². The lowest BCUT2D eigenvalue weighted by molar-refractivity contribution is 0.267. The highest BCUT2D eigenvalue weighted by atomic mass is 15.5.